The molecule has 0 spiro atoms. The van der Waals surface area contributed by atoms with E-state index in [0.29, 0.717) is 5.02 Å². The van der Waals surface area contributed by atoms with Crippen LogP contribution in [-0.4, -0.2) is 35.3 Å². The molecule has 0 aliphatic carbocycles. The van der Waals surface area contributed by atoms with E-state index in [2.05, 4.69) is 24.1 Å². The first kappa shape index (κ1) is 16.3. The smallest absolute Gasteiger partial charge is 0.134 e. The quantitative estimate of drug-likeness (QED) is 0.881. The van der Waals surface area contributed by atoms with Crippen LogP contribution < -0.4 is 0 Å². The molecule has 2 N–H and O–H groups in total. The number of hydrogen-bond acceptors (Lipinski definition) is 3. The Morgan fingerprint density at radius 2 is 1.91 bits per heavy atom. The van der Waals surface area contributed by atoms with Crippen LogP contribution in [0.25, 0.3) is 0 Å². The predicted molar refractivity (Wildman–Crippen MR) is 93.2 cm³/mol. The standard InChI is InChI=1S/C19H22ClNO2/c1-12(22)13-3-5-14(6-4-13)17-11-21(2)8-7-15-9-18(20)19(23)10-16(15)17/h3-6,9-10,12,17,22-23H,7-8,11H2,1-2H3/t12?,17-/m1/s1. The van der Waals surface area contributed by atoms with Crippen LogP contribution in [0, 0.1) is 0 Å². The first-order chi connectivity index (χ1) is 11.0. The third-order valence-electron chi connectivity index (χ3n) is 4.66. The summed E-state index contributed by atoms with van der Waals surface area (Å²) in [5, 5.41) is 20.1. The number of rotatable bonds is 2. The predicted octanol–water partition coefficient (Wildman–Crippen LogP) is 3.72. The van der Waals surface area contributed by atoms with E-state index >= 15 is 0 Å². The van der Waals surface area contributed by atoms with Gasteiger partial charge in [0.25, 0.3) is 0 Å². The van der Waals surface area contributed by atoms with Crippen molar-refractivity contribution in [1.29, 1.82) is 0 Å². The van der Waals surface area contributed by atoms with E-state index < -0.39 is 6.10 Å². The zero-order chi connectivity index (χ0) is 16.6. The Bertz CT molecular complexity index is 697. The number of phenols is 1. The number of phenolic OH excluding ortho intramolecular Hbond substituents is 1. The van der Waals surface area contributed by atoms with Crippen LogP contribution in [0.3, 0.4) is 0 Å². The first-order valence-corrected chi connectivity index (χ1v) is 8.31. The lowest BCUT2D eigenvalue weighted by Crippen LogP contribution is -2.24. The molecule has 0 amide bonds. The van der Waals surface area contributed by atoms with Crippen molar-refractivity contribution < 1.29 is 10.2 Å². The van der Waals surface area contributed by atoms with Crippen molar-refractivity contribution in [2.24, 2.45) is 0 Å². The highest BCUT2D eigenvalue weighted by atomic mass is 35.5. The highest BCUT2D eigenvalue weighted by molar-refractivity contribution is 6.32. The highest BCUT2D eigenvalue weighted by Crippen LogP contribution is 2.36. The number of benzene rings is 2. The van der Waals surface area contributed by atoms with Gasteiger partial charge < -0.3 is 15.1 Å². The molecular weight excluding hydrogens is 310 g/mol. The van der Waals surface area contributed by atoms with E-state index in [1.807, 2.05) is 24.3 Å². The summed E-state index contributed by atoms with van der Waals surface area (Å²) < 4.78 is 0. The summed E-state index contributed by atoms with van der Waals surface area (Å²) in [7, 11) is 2.12. The fourth-order valence-corrected chi connectivity index (χ4v) is 3.45. The van der Waals surface area contributed by atoms with Gasteiger partial charge in [0, 0.05) is 19.0 Å². The van der Waals surface area contributed by atoms with Gasteiger partial charge in [0.1, 0.15) is 5.75 Å². The fraction of sp³-hybridized carbons (Fsp3) is 0.368. The van der Waals surface area contributed by atoms with E-state index in [4.69, 9.17) is 11.6 Å². The lowest BCUT2D eigenvalue weighted by atomic mass is 9.87. The maximum atomic E-state index is 10.0. The summed E-state index contributed by atoms with van der Waals surface area (Å²) in [5.74, 6) is 0.323. The van der Waals surface area contributed by atoms with Crippen molar-refractivity contribution in [3.63, 3.8) is 0 Å². The first-order valence-electron chi connectivity index (χ1n) is 7.93. The van der Waals surface area contributed by atoms with Crippen molar-refractivity contribution in [3.8, 4) is 5.75 Å². The molecule has 0 fully saturated rings. The van der Waals surface area contributed by atoms with E-state index in [-0.39, 0.29) is 11.7 Å². The van der Waals surface area contributed by atoms with Crippen LogP contribution in [0.4, 0.5) is 0 Å². The topological polar surface area (TPSA) is 43.7 Å². The average molecular weight is 332 g/mol. The van der Waals surface area contributed by atoms with E-state index in [0.717, 1.165) is 30.6 Å². The number of aromatic hydroxyl groups is 1. The van der Waals surface area contributed by atoms with E-state index in [1.165, 1.54) is 11.1 Å². The summed E-state index contributed by atoms with van der Waals surface area (Å²) >= 11 is 6.09. The number of nitrogens with zero attached hydrogens (tertiary/aromatic N) is 1. The Morgan fingerprint density at radius 1 is 1.22 bits per heavy atom. The molecular formula is C19H22ClNO2. The van der Waals surface area contributed by atoms with Gasteiger partial charge in [-0.2, -0.15) is 0 Å². The Morgan fingerprint density at radius 3 is 2.57 bits per heavy atom. The lowest BCUT2D eigenvalue weighted by molar-refractivity contribution is 0.199. The van der Waals surface area contributed by atoms with Gasteiger partial charge in [0.15, 0.2) is 0 Å². The zero-order valence-electron chi connectivity index (χ0n) is 13.5. The molecule has 2 aromatic carbocycles. The van der Waals surface area contributed by atoms with Gasteiger partial charge in [-0.25, -0.2) is 0 Å². The SMILES string of the molecule is CC(O)c1ccc([C@H]2CN(C)CCc3cc(Cl)c(O)cc32)cc1. The summed E-state index contributed by atoms with van der Waals surface area (Å²) in [4.78, 5) is 2.30. The van der Waals surface area contributed by atoms with E-state index in [1.54, 1.807) is 6.92 Å². The Hall–Kier alpha value is -1.55. The number of likely N-dealkylation sites (N-methyl/N-ethyl adjacent to an activating group) is 1. The second-order valence-corrected chi connectivity index (χ2v) is 6.82. The second-order valence-electron chi connectivity index (χ2n) is 6.41. The third kappa shape index (κ3) is 3.37. The summed E-state index contributed by atoms with van der Waals surface area (Å²) in [6.45, 7) is 3.63. The summed E-state index contributed by atoms with van der Waals surface area (Å²) in [5.41, 5.74) is 4.43. The van der Waals surface area contributed by atoms with Crippen molar-refractivity contribution in [2.75, 3.05) is 20.1 Å². The molecule has 0 bridgehead atoms. The molecule has 3 nitrogen and oxygen atoms in total. The van der Waals surface area contributed by atoms with Crippen molar-refractivity contribution in [2.45, 2.75) is 25.4 Å². The Balaban J connectivity index is 2.05. The molecule has 0 saturated heterocycles. The molecule has 122 valence electrons. The van der Waals surface area contributed by atoms with Crippen LogP contribution in [0.2, 0.25) is 5.02 Å². The molecule has 0 aromatic heterocycles. The molecule has 1 aliphatic heterocycles. The number of halogens is 1. The van der Waals surface area contributed by atoms with Crippen LogP contribution >= 0.6 is 11.6 Å². The van der Waals surface area contributed by atoms with Crippen molar-refractivity contribution >= 4 is 11.6 Å². The molecule has 3 rings (SSSR count). The van der Waals surface area contributed by atoms with Gasteiger partial charge in [-0.3, -0.25) is 0 Å². The normalized spacial score (nSPS) is 19.9. The largest absolute Gasteiger partial charge is 0.506 e. The third-order valence-corrected chi connectivity index (χ3v) is 4.97. The van der Waals surface area contributed by atoms with Crippen LogP contribution in [0.1, 0.15) is 41.2 Å². The van der Waals surface area contributed by atoms with Gasteiger partial charge in [-0.1, -0.05) is 35.9 Å². The fourth-order valence-electron chi connectivity index (χ4n) is 3.26. The average Bonchev–Trinajstić information content (AvgIpc) is 2.68. The molecule has 1 heterocycles. The number of aliphatic hydroxyl groups is 1. The number of fused-ring (bicyclic) bond motifs is 1. The molecule has 0 radical (unpaired) electrons. The Labute approximate surface area is 142 Å². The molecule has 1 aliphatic rings. The number of hydrogen-bond donors (Lipinski definition) is 2. The summed E-state index contributed by atoms with van der Waals surface area (Å²) in [6.07, 6.45) is 0.463. The van der Waals surface area contributed by atoms with Crippen LogP contribution in [0.15, 0.2) is 36.4 Å². The summed E-state index contributed by atoms with van der Waals surface area (Å²) in [6, 6.07) is 11.8. The van der Waals surface area contributed by atoms with Crippen LogP contribution in [0.5, 0.6) is 5.75 Å². The minimum atomic E-state index is -0.462. The van der Waals surface area contributed by atoms with Gasteiger partial charge in [0.05, 0.1) is 11.1 Å². The van der Waals surface area contributed by atoms with Crippen molar-refractivity contribution in [1.82, 2.24) is 4.90 Å². The minimum absolute atomic E-state index is 0.139. The maximum absolute atomic E-state index is 10.0. The molecule has 2 atom stereocenters. The Kier molecular flexibility index (Phi) is 4.62. The molecule has 23 heavy (non-hydrogen) atoms. The zero-order valence-corrected chi connectivity index (χ0v) is 14.2. The van der Waals surface area contributed by atoms with Gasteiger partial charge >= 0.3 is 0 Å². The molecule has 0 saturated carbocycles. The van der Waals surface area contributed by atoms with E-state index in [9.17, 15) is 10.2 Å². The van der Waals surface area contributed by atoms with Crippen molar-refractivity contribution in [3.05, 3.63) is 63.7 Å². The van der Waals surface area contributed by atoms with Gasteiger partial charge in [-0.05, 0) is 54.8 Å². The maximum Gasteiger partial charge on any atom is 0.134 e. The minimum Gasteiger partial charge on any atom is -0.506 e. The highest BCUT2D eigenvalue weighted by Gasteiger charge is 2.24. The second kappa shape index (κ2) is 6.52. The molecule has 1 unspecified atom stereocenters. The molecule has 4 heteroatoms. The molecule has 2 aromatic rings. The monoisotopic (exact) mass is 331 g/mol. The van der Waals surface area contributed by atoms with Crippen LogP contribution in [-0.2, 0) is 6.42 Å². The lowest BCUT2D eigenvalue weighted by Gasteiger charge is -2.22. The van der Waals surface area contributed by atoms with Gasteiger partial charge in [0.2, 0.25) is 0 Å². The van der Waals surface area contributed by atoms with Gasteiger partial charge in [-0.15, -0.1) is 0 Å². The number of aliphatic hydroxyl groups excluding tert-OH is 1.